The summed E-state index contributed by atoms with van der Waals surface area (Å²) in [6.45, 7) is 4.58. The van der Waals surface area contributed by atoms with Crippen LogP contribution in [-0.4, -0.2) is 96.7 Å². The van der Waals surface area contributed by atoms with Gasteiger partial charge in [-0.15, -0.1) is 0 Å². The molecule has 0 aromatic heterocycles. The molecule has 5 atom stereocenters. The highest BCUT2D eigenvalue weighted by atomic mass is 31.2. The number of carbonyl (C=O) groups is 4. The molecule has 0 amide bonds. The van der Waals surface area contributed by atoms with Gasteiger partial charge in [0.1, 0.15) is 19.3 Å². The van der Waals surface area contributed by atoms with Gasteiger partial charge in [-0.1, -0.05) is 302 Å². The Balaban J connectivity index is 5.48. The number of allylic oxidation sites excluding steroid dienone is 24. The van der Waals surface area contributed by atoms with Crippen molar-refractivity contribution in [3.63, 3.8) is 0 Å². The molecule has 0 rings (SSSR count). The van der Waals surface area contributed by atoms with Gasteiger partial charge in [0, 0.05) is 25.7 Å². The highest BCUT2D eigenvalue weighted by molar-refractivity contribution is 7.47. The second-order valence-electron chi connectivity index (χ2n) is 27.0. The zero-order chi connectivity index (χ0) is 77.4. The summed E-state index contributed by atoms with van der Waals surface area (Å²) >= 11 is 0. The van der Waals surface area contributed by atoms with Gasteiger partial charge < -0.3 is 33.8 Å². The Hall–Kier alpha value is -5.06. The lowest BCUT2D eigenvalue weighted by Gasteiger charge is -2.21. The maximum atomic E-state index is 13.1. The number of hydrogen-bond acceptors (Lipinski definition) is 15. The van der Waals surface area contributed by atoms with Crippen molar-refractivity contribution < 1.29 is 80.2 Å². The molecule has 0 saturated heterocycles. The first kappa shape index (κ1) is 101. The van der Waals surface area contributed by atoms with Gasteiger partial charge in [0.15, 0.2) is 12.2 Å². The summed E-state index contributed by atoms with van der Waals surface area (Å²) in [5, 5.41) is 10.6. The molecule has 3 N–H and O–H groups in total. The van der Waals surface area contributed by atoms with E-state index in [0.29, 0.717) is 32.1 Å². The fourth-order valence-electron chi connectivity index (χ4n) is 10.6. The molecule has 606 valence electrons. The highest BCUT2D eigenvalue weighted by Gasteiger charge is 2.30. The first-order valence-corrected chi connectivity index (χ1v) is 44.1. The Labute approximate surface area is 643 Å². The normalized spacial score (nSPS) is 14.6. The highest BCUT2D eigenvalue weighted by Crippen LogP contribution is 2.45. The lowest BCUT2D eigenvalue weighted by molar-refractivity contribution is -0.161. The van der Waals surface area contributed by atoms with Gasteiger partial charge in [-0.2, -0.15) is 0 Å². The first-order valence-electron chi connectivity index (χ1n) is 41.1. The van der Waals surface area contributed by atoms with Crippen LogP contribution in [0, 0.1) is 0 Å². The third kappa shape index (κ3) is 77.1. The topological polar surface area (TPSA) is 237 Å². The predicted octanol–water partition coefficient (Wildman–Crippen LogP) is 24.2. The van der Waals surface area contributed by atoms with Gasteiger partial charge in [0.25, 0.3) is 0 Å². The zero-order valence-corrected chi connectivity index (χ0v) is 68.1. The molecule has 2 unspecified atom stereocenters. The fraction of sp³-hybridized carbons (Fsp3) is 0.678. The average molecular weight is 1530 g/mol. The Bertz CT molecular complexity index is 2580. The van der Waals surface area contributed by atoms with Crippen LogP contribution in [0.15, 0.2) is 146 Å². The van der Waals surface area contributed by atoms with E-state index in [1.807, 2.05) is 18.2 Å². The molecule has 0 aromatic carbocycles. The molecule has 0 fully saturated rings. The number of unbranched alkanes of at least 4 members (excludes halogenated alkanes) is 26. The Morgan fingerprint density at radius 2 is 0.509 bits per heavy atom. The van der Waals surface area contributed by atoms with E-state index in [2.05, 4.69) is 155 Å². The standard InChI is InChI=1S/C87H146O17P2/c1-5-9-13-17-21-25-29-33-36-38-40-42-45-49-52-56-60-64-68-72-85(90)98-78-83(104-87(92)74-70-66-62-58-54-50-46-43-41-39-37-34-30-26-22-18-14-10-6-2)80-102-106(95,96)100-76-81(88)75-99-105(93,94)101-79-82(103-86(91)73-69-65-61-57-53-47-32-28-24-20-16-12-8-4)77-97-84(89)71-67-63-59-55-51-48-44-35-31-27-23-19-15-11-7-3/h10,14,21-23,25-27,33-37,40-44,49-50,52,54,60,64,81-83,88H,5-9,11-13,15-20,24,28-32,38-39,45-48,51,53,55-59,61-63,65-80H2,1-4H3,(H,93,94)(H,95,96)/b14-10-,25-21-,26-22-,27-23-,36-33-,37-34-,42-40-,43-41-,44-35-,52-49-,54-50-,64-60-/t81-,82+,83+/m0/s1. The molecule has 0 aliphatic heterocycles. The van der Waals surface area contributed by atoms with Gasteiger partial charge in [-0.05, 0) is 141 Å². The van der Waals surface area contributed by atoms with Crippen molar-refractivity contribution in [2.24, 2.45) is 0 Å². The van der Waals surface area contributed by atoms with E-state index < -0.39 is 97.5 Å². The summed E-state index contributed by atoms with van der Waals surface area (Å²) in [5.74, 6) is -2.32. The number of hydrogen-bond donors (Lipinski definition) is 3. The summed E-state index contributed by atoms with van der Waals surface area (Å²) in [7, 11) is -10.00. The minimum atomic E-state index is -5.01. The van der Waals surface area contributed by atoms with Crippen molar-refractivity contribution in [1.82, 2.24) is 0 Å². The Kier molecular flexibility index (Phi) is 74.3. The van der Waals surface area contributed by atoms with Crippen LogP contribution in [-0.2, 0) is 65.4 Å². The van der Waals surface area contributed by atoms with Gasteiger partial charge >= 0.3 is 39.5 Å². The molecule has 0 bridgehead atoms. The average Bonchev–Trinajstić information content (AvgIpc) is 1.23. The molecule has 0 aliphatic carbocycles. The summed E-state index contributed by atoms with van der Waals surface area (Å²) < 4.78 is 68.6. The molecule has 106 heavy (non-hydrogen) atoms. The zero-order valence-electron chi connectivity index (χ0n) is 66.3. The van der Waals surface area contributed by atoms with Gasteiger partial charge in [0.2, 0.25) is 0 Å². The van der Waals surface area contributed by atoms with Crippen molar-refractivity contribution in [1.29, 1.82) is 0 Å². The predicted molar refractivity (Wildman–Crippen MR) is 436 cm³/mol. The van der Waals surface area contributed by atoms with E-state index >= 15 is 0 Å². The van der Waals surface area contributed by atoms with Crippen LogP contribution in [0.2, 0.25) is 0 Å². The maximum Gasteiger partial charge on any atom is 0.472 e. The molecule has 0 spiro atoms. The molecular weight excluding hydrogens is 1380 g/mol. The molecule has 0 aromatic rings. The first-order chi connectivity index (χ1) is 51.7. The van der Waals surface area contributed by atoms with Crippen LogP contribution in [0.3, 0.4) is 0 Å². The summed E-state index contributed by atoms with van der Waals surface area (Å²) in [4.78, 5) is 73.1. The minimum Gasteiger partial charge on any atom is -0.462 e. The molecule has 19 heteroatoms. The second kappa shape index (κ2) is 78.1. The third-order valence-corrected chi connectivity index (χ3v) is 18.7. The molecule has 0 heterocycles. The van der Waals surface area contributed by atoms with E-state index in [0.717, 1.165) is 148 Å². The number of aliphatic hydroxyl groups is 1. The lowest BCUT2D eigenvalue weighted by Crippen LogP contribution is -2.30. The van der Waals surface area contributed by atoms with Crippen LogP contribution in [0.4, 0.5) is 0 Å². The number of ether oxygens (including phenoxy) is 4. The quantitative estimate of drug-likeness (QED) is 0.0169. The number of rotatable bonds is 76. The minimum absolute atomic E-state index is 0.0261. The van der Waals surface area contributed by atoms with Crippen molar-refractivity contribution in [2.45, 2.75) is 341 Å². The molecule has 0 aliphatic rings. The van der Waals surface area contributed by atoms with Crippen molar-refractivity contribution in [3.8, 4) is 0 Å². The monoisotopic (exact) mass is 1530 g/mol. The lowest BCUT2D eigenvalue weighted by atomic mass is 10.0. The van der Waals surface area contributed by atoms with Crippen LogP contribution in [0.1, 0.15) is 323 Å². The molecule has 17 nitrogen and oxygen atoms in total. The van der Waals surface area contributed by atoms with Crippen LogP contribution >= 0.6 is 15.6 Å². The van der Waals surface area contributed by atoms with Crippen LogP contribution < -0.4 is 0 Å². The number of phosphoric ester groups is 2. The summed E-state index contributed by atoms with van der Waals surface area (Å²) in [5.41, 5.74) is 0. The number of phosphoric acid groups is 2. The van der Waals surface area contributed by atoms with Crippen molar-refractivity contribution in [3.05, 3.63) is 146 Å². The SMILES string of the molecule is CC/C=C\C/C=C\C/C=C\C/C=C\C/C=C\CCCCCC(=O)O[C@H](COC(=O)CC/C=C\C/C=C\C/C=C\C/C=C\C/C=C\CCCCC)COP(=O)(O)OC[C@@H](O)COP(=O)(O)OC[C@@H](COC(=O)CCCCCCC/C=C\C/C=C\CCCCC)OC(=O)CCCCCCCCCCCCCCC. The van der Waals surface area contributed by atoms with E-state index in [1.54, 1.807) is 0 Å². The van der Waals surface area contributed by atoms with Gasteiger partial charge in [0.05, 0.1) is 26.4 Å². The van der Waals surface area contributed by atoms with Crippen molar-refractivity contribution >= 4 is 39.5 Å². The van der Waals surface area contributed by atoms with E-state index in [9.17, 15) is 43.2 Å². The smallest absolute Gasteiger partial charge is 0.462 e. The molecule has 0 saturated carbocycles. The van der Waals surface area contributed by atoms with Crippen LogP contribution in [0.5, 0.6) is 0 Å². The Morgan fingerprint density at radius 3 is 0.840 bits per heavy atom. The van der Waals surface area contributed by atoms with Gasteiger partial charge in [-0.3, -0.25) is 37.3 Å². The largest absolute Gasteiger partial charge is 0.472 e. The number of carbonyl (C=O) groups excluding carboxylic acids is 4. The molecule has 0 radical (unpaired) electrons. The van der Waals surface area contributed by atoms with Crippen LogP contribution in [0.25, 0.3) is 0 Å². The van der Waals surface area contributed by atoms with Gasteiger partial charge in [-0.25, -0.2) is 9.13 Å². The fourth-order valence-corrected chi connectivity index (χ4v) is 12.1. The van der Waals surface area contributed by atoms with Crippen molar-refractivity contribution in [2.75, 3.05) is 39.6 Å². The van der Waals surface area contributed by atoms with E-state index in [1.165, 1.54) is 89.9 Å². The number of esters is 4. The summed E-state index contributed by atoms with van der Waals surface area (Å²) in [6, 6.07) is 0. The third-order valence-electron chi connectivity index (χ3n) is 16.8. The molecular formula is C87H146O17P2. The van der Waals surface area contributed by atoms with E-state index in [4.69, 9.17) is 37.0 Å². The summed E-state index contributed by atoms with van der Waals surface area (Å²) in [6.07, 6.45) is 89.8. The second-order valence-corrected chi connectivity index (χ2v) is 29.9. The van der Waals surface area contributed by atoms with E-state index in [-0.39, 0.29) is 25.7 Å². The number of aliphatic hydroxyl groups excluding tert-OH is 1. The maximum absolute atomic E-state index is 13.1. The Morgan fingerprint density at radius 1 is 0.274 bits per heavy atom.